The summed E-state index contributed by atoms with van der Waals surface area (Å²) in [5.41, 5.74) is 2.53. The molecule has 7 nitrogen and oxygen atoms in total. The van der Waals surface area contributed by atoms with Crippen LogP contribution < -0.4 is 5.32 Å². The van der Waals surface area contributed by atoms with Crippen LogP contribution in [-0.2, 0) is 25.0 Å². The highest BCUT2D eigenvalue weighted by Gasteiger charge is 2.35. The van der Waals surface area contributed by atoms with E-state index < -0.39 is 16.1 Å². The predicted molar refractivity (Wildman–Crippen MR) is 122 cm³/mol. The number of benzene rings is 1. The first kappa shape index (κ1) is 25.3. The molecule has 1 aromatic rings. The van der Waals surface area contributed by atoms with Gasteiger partial charge in [-0.05, 0) is 41.9 Å². The van der Waals surface area contributed by atoms with Crippen LogP contribution in [0.5, 0.6) is 0 Å². The first-order valence-electron chi connectivity index (χ1n) is 10.8. The Labute approximate surface area is 187 Å². The molecule has 31 heavy (non-hydrogen) atoms. The Morgan fingerprint density at radius 2 is 1.48 bits per heavy atom. The van der Waals surface area contributed by atoms with Crippen molar-refractivity contribution in [1.82, 2.24) is 14.5 Å². The zero-order valence-corrected chi connectivity index (χ0v) is 20.9. The minimum atomic E-state index is -3.66. The number of hydrogen-bond donors (Lipinski definition) is 1. The number of rotatable bonds is 5. The van der Waals surface area contributed by atoms with E-state index in [0.29, 0.717) is 18.0 Å². The lowest BCUT2D eigenvalue weighted by molar-refractivity contribution is -0.138. The zero-order chi connectivity index (χ0) is 23.7. The van der Waals surface area contributed by atoms with Crippen molar-refractivity contribution in [2.75, 3.05) is 26.2 Å². The lowest BCUT2D eigenvalue weighted by atomic mass is 9.85. The monoisotopic (exact) mass is 451 g/mol. The van der Waals surface area contributed by atoms with Gasteiger partial charge in [0.05, 0.1) is 4.90 Å². The average Bonchev–Trinajstić information content (AvgIpc) is 2.63. The highest BCUT2D eigenvalue weighted by Crippen LogP contribution is 2.31. The molecule has 0 aromatic heterocycles. The van der Waals surface area contributed by atoms with Crippen molar-refractivity contribution in [3.05, 3.63) is 28.8 Å². The van der Waals surface area contributed by atoms with Crippen LogP contribution in [0.15, 0.2) is 17.0 Å². The highest BCUT2D eigenvalue weighted by atomic mass is 32.2. The van der Waals surface area contributed by atoms with Gasteiger partial charge < -0.3 is 10.2 Å². The summed E-state index contributed by atoms with van der Waals surface area (Å²) in [4.78, 5) is 26.4. The molecule has 1 fully saturated rings. The van der Waals surface area contributed by atoms with Gasteiger partial charge in [-0.2, -0.15) is 4.31 Å². The highest BCUT2D eigenvalue weighted by molar-refractivity contribution is 7.89. The number of piperazine rings is 1. The summed E-state index contributed by atoms with van der Waals surface area (Å²) in [5, 5.41) is 2.71. The Morgan fingerprint density at radius 3 is 1.87 bits per heavy atom. The lowest BCUT2D eigenvalue weighted by Crippen LogP contribution is -2.56. The van der Waals surface area contributed by atoms with Crippen LogP contribution in [0.25, 0.3) is 0 Å². The van der Waals surface area contributed by atoms with Crippen molar-refractivity contribution in [3.63, 3.8) is 0 Å². The quantitative estimate of drug-likeness (QED) is 0.746. The van der Waals surface area contributed by atoms with E-state index in [2.05, 4.69) is 26.1 Å². The van der Waals surface area contributed by atoms with Gasteiger partial charge in [-0.15, -0.1) is 0 Å². The third-order valence-corrected chi connectivity index (χ3v) is 7.97. The fourth-order valence-electron chi connectivity index (χ4n) is 4.00. The summed E-state index contributed by atoms with van der Waals surface area (Å²) >= 11 is 0. The summed E-state index contributed by atoms with van der Waals surface area (Å²) in [5.74, 6) is -0.466. The van der Waals surface area contributed by atoms with E-state index in [9.17, 15) is 18.0 Å². The molecular weight excluding hydrogens is 414 g/mol. The second-order valence-corrected chi connectivity index (χ2v) is 11.7. The van der Waals surface area contributed by atoms with Crippen LogP contribution in [0.1, 0.15) is 58.2 Å². The summed E-state index contributed by atoms with van der Waals surface area (Å²) in [7, 11) is -3.66. The lowest BCUT2D eigenvalue weighted by Gasteiger charge is -2.37. The van der Waals surface area contributed by atoms with Crippen molar-refractivity contribution < 1.29 is 18.0 Å². The van der Waals surface area contributed by atoms with Crippen molar-refractivity contribution >= 4 is 21.8 Å². The van der Waals surface area contributed by atoms with Crippen LogP contribution in [0.4, 0.5) is 0 Å². The van der Waals surface area contributed by atoms with Crippen LogP contribution in [0, 0.1) is 19.8 Å². The number of carbonyl (C=O) groups is 2. The molecule has 0 saturated carbocycles. The van der Waals surface area contributed by atoms with Gasteiger partial charge in [0.2, 0.25) is 21.8 Å². The smallest absolute Gasteiger partial charge is 0.245 e. The number of sulfonamides is 1. The number of nitrogens with zero attached hydrogens (tertiary/aromatic N) is 2. The average molecular weight is 452 g/mol. The van der Waals surface area contributed by atoms with Crippen molar-refractivity contribution in [2.24, 2.45) is 5.92 Å². The molecule has 174 valence electrons. The summed E-state index contributed by atoms with van der Waals surface area (Å²) in [6.07, 6.45) is 0. The van der Waals surface area contributed by atoms with Gasteiger partial charge in [-0.25, -0.2) is 8.42 Å². The van der Waals surface area contributed by atoms with Crippen molar-refractivity contribution in [1.29, 1.82) is 0 Å². The summed E-state index contributed by atoms with van der Waals surface area (Å²) < 4.78 is 28.3. The molecule has 1 atom stereocenters. The van der Waals surface area contributed by atoms with Gasteiger partial charge in [0.25, 0.3) is 0 Å². The first-order valence-corrected chi connectivity index (χ1v) is 12.3. The molecule has 1 aliphatic rings. The normalized spacial score (nSPS) is 17.0. The molecule has 2 rings (SSSR count). The zero-order valence-electron chi connectivity index (χ0n) is 20.1. The van der Waals surface area contributed by atoms with E-state index in [0.717, 1.165) is 16.7 Å². The molecule has 1 aromatic carbocycles. The fourth-order valence-corrected chi connectivity index (χ4v) is 5.83. The van der Waals surface area contributed by atoms with Gasteiger partial charge in [-0.3, -0.25) is 9.59 Å². The molecular formula is C23H37N3O4S. The molecule has 0 bridgehead atoms. The maximum atomic E-state index is 13.4. The number of nitrogens with one attached hydrogen (secondary N) is 1. The molecule has 8 heteroatoms. The Balaban J connectivity index is 2.20. The Hall–Kier alpha value is -1.93. The minimum Gasteiger partial charge on any atom is -0.344 e. The topological polar surface area (TPSA) is 86.8 Å². The molecule has 1 heterocycles. The van der Waals surface area contributed by atoms with Crippen LogP contribution in [-0.4, -0.2) is 61.7 Å². The van der Waals surface area contributed by atoms with E-state index >= 15 is 0 Å². The Kier molecular flexibility index (Phi) is 7.59. The van der Waals surface area contributed by atoms with E-state index in [1.54, 1.807) is 4.90 Å². The molecule has 0 spiro atoms. The molecule has 2 amide bonds. The van der Waals surface area contributed by atoms with E-state index in [1.165, 1.54) is 11.2 Å². The van der Waals surface area contributed by atoms with E-state index in [4.69, 9.17) is 0 Å². The van der Waals surface area contributed by atoms with Gasteiger partial charge in [0.1, 0.15) is 6.04 Å². The van der Waals surface area contributed by atoms with Gasteiger partial charge in [0, 0.05) is 33.1 Å². The Bertz CT molecular complexity index is 917. The third-order valence-electron chi connectivity index (χ3n) is 5.77. The van der Waals surface area contributed by atoms with Crippen molar-refractivity contribution in [3.8, 4) is 0 Å². The number of aryl methyl sites for hydroxylation is 2. The van der Waals surface area contributed by atoms with E-state index in [-0.39, 0.29) is 36.2 Å². The van der Waals surface area contributed by atoms with Gasteiger partial charge >= 0.3 is 0 Å². The second kappa shape index (κ2) is 9.28. The number of carbonyl (C=O) groups excluding carboxylic acids is 2. The predicted octanol–water partition coefficient (Wildman–Crippen LogP) is 2.59. The van der Waals surface area contributed by atoms with Crippen LogP contribution >= 0.6 is 0 Å². The number of amides is 2. The van der Waals surface area contributed by atoms with Crippen LogP contribution in [0.2, 0.25) is 0 Å². The fraction of sp³-hybridized carbons (Fsp3) is 0.652. The Morgan fingerprint density at radius 1 is 1.00 bits per heavy atom. The minimum absolute atomic E-state index is 0.0511. The summed E-state index contributed by atoms with van der Waals surface area (Å²) in [6, 6.07) is 3.32. The SMILES string of the molecule is CC(=O)N[C@H](C(=O)N1CCN(S(=O)(=O)c2c(C)cc(C(C)(C)C)cc2C)CC1)C(C)C. The maximum absolute atomic E-state index is 13.4. The second-order valence-electron chi connectivity index (χ2n) is 9.84. The molecule has 1 N–H and O–H groups in total. The standard InChI is InChI=1S/C23H37N3O4S/c1-15(2)20(24-18(5)27)22(28)25-9-11-26(12-10-25)31(29,30)21-16(3)13-19(14-17(21)4)23(6,7)8/h13-15,20H,9-12H2,1-8H3,(H,24,27)/t20-/m0/s1. The van der Waals surface area contributed by atoms with Gasteiger partial charge in [0.15, 0.2) is 0 Å². The van der Waals surface area contributed by atoms with Crippen molar-refractivity contribution in [2.45, 2.75) is 71.7 Å². The van der Waals surface area contributed by atoms with E-state index in [1.807, 2.05) is 39.8 Å². The molecule has 0 aliphatic carbocycles. The summed E-state index contributed by atoms with van der Waals surface area (Å²) in [6.45, 7) is 16.2. The molecule has 0 radical (unpaired) electrons. The van der Waals surface area contributed by atoms with Gasteiger partial charge in [-0.1, -0.05) is 46.8 Å². The molecule has 1 aliphatic heterocycles. The maximum Gasteiger partial charge on any atom is 0.245 e. The molecule has 0 unspecified atom stereocenters. The third kappa shape index (κ3) is 5.66. The van der Waals surface area contributed by atoms with Crippen LogP contribution in [0.3, 0.4) is 0 Å². The molecule has 1 saturated heterocycles. The number of hydrogen-bond acceptors (Lipinski definition) is 4. The first-order chi connectivity index (χ1) is 14.2. The largest absolute Gasteiger partial charge is 0.344 e.